The van der Waals surface area contributed by atoms with Crippen molar-refractivity contribution in [3.63, 3.8) is 0 Å². The summed E-state index contributed by atoms with van der Waals surface area (Å²) in [5, 5.41) is 0. The molecule has 0 aliphatic carbocycles. The molecule has 0 aliphatic heterocycles. The first kappa shape index (κ1) is 9.23. The average Bonchev–Trinajstić information content (AvgIpc) is 2.86. The Hall–Kier alpha value is -1.33. The fraction of sp³-hybridized carbons (Fsp3) is 0.222. The van der Waals surface area contributed by atoms with Crippen molar-refractivity contribution in [2.75, 3.05) is 7.11 Å². The highest BCUT2D eigenvalue weighted by molar-refractivity contribution is 7.09. The molecule has 74 valence electrons. The number of ether oxygens (including phenoxy) is 1. The number of furan rings is 1. The van der Waals surface area contributed by atoms with Gasteiger partial charge in [0.15, 0.2) is 0 Å². The Morgan fingerprint density at radius 2 is 2.43 bits per heavy atom. The smallest absolute Gasteiger partial charge is 0.225 e. The van der Waals surface area contributed by atoms with E-state index in [2.05, 4.69) is 4.37 Å². The molecule has 0 amide bonds. The summed E-state index contributed by atoms with van der Waals surface area (Å²) in [6.07, 6.45) is 1.65. The monoisotopic (exact) mass is 210 g/mol. The van der Waals surface area contributed by atoms with Crippen LogP contribution in [0.3, 0.4) is 0 Å². The van der Waals surface area contributed by atoms with Crippen molar-refractivity contribution in [2.24, 2.45) is 5.73 Å². The van der Waals surface area contributed by atoms with Crippen molar-refractivity contribution in [1.82, 2.24) is 4.37 Å². The zero-order valence-electron chi connectivity index (χ0n) is 7.69. The van der Waals surface area contributed by atoms with E-state index in [0.29, 0.717) is 12.4 Å². The number of rotatable bonds is 3. The fourth-order valence-corrected chi connectivity index (χ4v) is 1.75. The van der Waals surface area contributed by atoms with Crippen LogP contribution in [0.1, 0.15) is 5.56 Å². The van der Waals surface area contributed by atoms with Gasteiger partial charge >= 0.3 is 0 Å². The van der Waals surface area contributed by atoms with Crippen molar-refractivity contribution in [2.45, 2.75) is 6.54 Å². The molecule has 0 bridgehead atoms. The van der Waals surface area contributed by atoms with Crippen LogP contribution in [-0.2, 0) is 6.54 Å². The zero-order valence-corrected chi connectivity index (χ0v) is 8.50. The lowest BCUT2D eigenvalue weighted by Gasteiger charge is -1.87. The summed E-state index contributed by atoms with van der Waals surface area (Å²) >= 11 is 1.34. The Balaban J connectivity index is 2.29. The van der Waals surface area contributed by atoms with Crippen molar-refractivity contribution in [3.8, 4) is 16.5 Å². The second kappa shape index (κ2) is 3.81. The van der Waals surface area contributed by atoms with Gasteiger partial charge < -0.3 is 14.9 Å². The Bertz CT molecular complexity index is 382. The molecule has 0 unspecified atom stereocenters. The van der Waals surface area contributed by atoms with Crippen LogP contribution in [0.25, 0.3) is 10.6 Å². The van der Waals surface area contributed by atoms with E-state index in [0.717, 1.165) is 16.2 Å². The van der Waals surface area contributed by atoms with Gasteiger partial charge in [0.05, 0.1) is 18.3 Å². The van der Waals surface area contributed by atoms with Crippen molar-refractivity contribution < 1.29 is 9.15 Å². The Labute approximate surface area is 85.5 Å². The second-order valence-electron chi connectivity index (χ2n) is 2.76. The maximum Gasteiger partial charge on any atom is 0.225 e. The van der Waals surface area contributed by atoms with E-state index in [1.807, 2.05) is 12.1 Å². The lowest BCUT2D eigenvalue weighted by molar-refractivity contribution is 0.402. The Morgan fingerprint density at radius 1 is 1.57 bits per heavy atom. The van der Waals surface area contributed by atoms with E-state index < -0.39 is 0 Å². The topological polar surface area (TPSA) is 61.3 Å². The van der Waals surface area contributed by atoms with Crippen LogP contribution >= 0.6 is 11.5 Å². The SMILES string of the molecule is COc1cc(-c2cc(CN)co2)sn1. The molecule has 0 saturated heterocycles. The van der Waals surface area contributed by atoms with Crippen molar-refractivity contribution in [1.29, 1.82) is 0 Å². The van der Waals surface area contributed by atoms with Gasteiger partial charge in [-0.2, -0.15) is 4.37 Å². The highest BCUT2D eigenvalue weighted by atomic mass is 32.1. The molecule has 0 aliphatic rings. The summed E-state index contributed by atoms with van der Waals surface area (Å²) in [7, 11) is 1.59. The molecule has 2 rings (SSSR count). The minimum atomic E-state index is 0.486. The number of hydrogen-bond donors (Lipinski definition) is 1. The zero-order chi connectivity index (χ0) is 9.97. The molecular formula is C9H10N2O2S. The van der Waals surface area contributed by atoms with Crippen LogP contribution in [-0.4, -0.2) is 11.5 Å². The average molecular weight is 210 g/mol. The molecule has 2 heterocycles. The predicted molar refractivity (Wildman–Crippen MR) is 54.3 cm³/mol. The largest absolute Gasteiger partial charge is 0.480 e. The Kier molecular flexibility index (Phi) is 2.51. The summed E-state index contributed by atoms with van der Waals surface area (Å²) in [6.45, 7) is 0.486. The highest BCUT2D eigenvalue weighted by Crippen LogP contribution is 2.29. The van der Waals surface area contributed by atoms with Gasteiger partial charge in [0.25, 0.3) is 0 Å². The van der Waals surface area contributed by atoms with Crippen LogP contribution in [0.5, 0.6) is 5.88 Å². The van der Waals surface area contributed by atoms with Gasteiger partial charge in [-0.05, 0) is 17.6 Å². The first-order valence-corrected chi connectivity index (χ1v) is 4.89. The predicted octanol–water partition coefficient (Wildman–Crippen LogP) is 1.87. The summed E-state index contributed by atoms with van der Waals surface area (Å²) in [5.74, 6) is 1.39. The molecule has 2 aromatic rings. The first-order valence-electron chi connectivity index (χ1n) is 4.12. The third kappa shape index (κ3) is 1.64. The number of nitrogens with zero attached hydrogens (tertiary/aromatic N) is 1. The van der Waals surface area contributed by atoms with Crippen molar-refractivity contribution >= 4 is 11.5 Å². The van der Waals surface area contributed by atoms with Crippen molar-refractivity contribution in [3.05, 3.63) is 24.0 Å². The Morgan fingerprint density at radius 3 is 3.00 bits per heavy atom. The summed E-state index contributed by atoms with van der Waals surface area (Å²) in [5.41, 5.74) is 6.45. The highest BCUT2D eigenvalue weighted by Gasteiger charge is 2.08. The molecule has 2 aromatic heterocycles. The molecule has 0 aromatic carbocycles. The maximum absolute atomic E-state index is 5.48. The number of aromatic nitrogens is 1. The third-order valence-electron chi connectivity index (χ3n) is 1.83. The molecule has 0 spiro atoms. The maximum atomic E-state index is 5.48. The number of methoxy groups -OCH3 is 1. The standard InChI is InChI=1S/C9H10N2O2S/c1-12-9-3-8(14-11-9)7-2-6(4-10)5-13-7/h2-3,5H,4,10H2,1H3. The van der Waals surface area contributed by atoms with E-state index in [1.54, 1.807) is 13.4 Å². The minimum absolute atomic E-state index is 0.486. The first-order chi connectivity index (χ1) is 6.83. The lowest BCUT2D eigenvalue weighted by atomic mass is 10.3. The summed E-state index contributed by atoms with van der Waals surface area (Å²) in [4.78, 5) is 0.946. The molecule has 4 nitrogen and oxygen atoms in total. The van der Waals surface area contributed by atoms with Gasteiger partial charge in [0.2, 0.25) is 5.88 Å². The van der Waals surface area contributed by atoms with E-state index >= 15 is 0 Å². The molecule has 0 fully saturated rings. The molecule has 14 heavy (non-hydrogen) atoms. The number of nitrogens with two attached hydrogens (primary N) is 1. The van der Waals surface area contributed by atoms with E-state index in [4.69, 9.17) is 14.9 Å². The van der Waals surface area contributed by atoms with Crippen LogP contribution in [0, 0.1) is 0 Å². The quantitative estimate of drug-likeness (QED) is 0.840. The molecular weight excluding hydrogens is 200 g/mol. The van der Waals surface area contributed by atoms with E-state index in [-0.39, 0.29) is 0 Å². The lowest BCUT2D eigenvalue weighted by Crippen LogP contribution is -1.92. The minimum Gasteiger partial charge on any atom is -0.480 e. The molecule has 0 radical (unpaired) electrons. The van der Waals surface area contributed by atoms with Gasteiger partial charge in [0.1, 0.15) is 5.76 Å². The molecule has 2 N–H and O–H groups in total. The summed E-state index contributed by atoms with van der Waals surface area (Å²) < 4.78 is 14.4. The fourth-order valence-electron chi connectivity index (χ4n) is 1.08. The van der Waals surface area contributed by atoms with Crippen LogP contribution in [0.4, 0.5) is 0 Å². The van der Waals surface area contributed by atoms with Crippen LogP contribution in [0.2, 0.25) is 0 Å². The molecule has 0 atom stereocenters. The van der Waals surface area contributed by atoms with Gasteiger partial charge in [-0.15, -0.1) is 0 Å². The van der Waals surface area contributed by atoms with Crippen LogP contribution < -0.4 is 10.5 Å². The number of hydrogen-bond acceptors (Lipinski definition) is 5. The molecule has 0 saturated carbocycles. The second-order valence-corrected chi connectivity index (χ2v) is 3.56. The third-order valence-corrected chi connectivity index (χ3v) is 2.62. The normalized spacial score (nSPS) is 10.4. The van der Waals surface area contributed by atoms with Gasteiger partial charge in [0, 0.05) is 18.2 Å². The van der Waals surface area contributed by atoms with Gasteiger partial charge in [-0.25, -0.2) is 0 Å². The molecule has 5 heteroatoms. The van der Waals surface area contributed by atoms with Crippen LogP contribution in [0.15, 0.2) is 22.8 Å². The van der Waals surface area contributed by atoms with Gasteiger partial charge in [-0.1, -0.05) is 0 Å². The van der Waals surface area contributed by atoms with E-state index in [9.17, 15) is 0 Å². The van der Waals surface area contributed by atoms with E-state index in [1.165, 1.54) is 11.5 Å². The van der Waals surface area contributed by atoms with Gasteiger partial charge in [-0.3, -0.25) is 0 Å². The summed E-state index contributed by atoms with van der Waals surface area (Å²) in [6, 6.07) is 3.75.